The summed E-state index contributed by atoms with van der Waals surface area (Å²) < 4.78 is 12.2. The molecule has 54 heteroatoms. The van der Waals surface area contributed by atoms with Crippen LogP contribution in [0.4, 0.5) is 0 Å². The molecule has 0 saturated heterocycles. The Kier molecular flexibility index (Phi) is 48.5. The summed E-state index contributed by atoms with van der Waals surface area (Å²) in [6, 6.07) is 2.88. The second-order valence-electron chi connectivity index (χ2n) is 33.9. The quantitative estimate of drug-likeness (QED) is 0.00845. The number of guanidine groups is 6. The molecule has 0 unspecified atom stereocenters. The number of phenolic OH excluding ortho intramolecular Hbond substituents is 3. The van der Waals surface area contributed by atoms with E-state index in [0.717, 1.165) is 0 Å². The first-order chi connectivity index (χ1) is 68.6. The van der Waals surface area contributed by atoms with Crippen LogP contribution in [0, 0.1) is 27.0 Å². The number of benzene rings is 4. The normalized spacial score (nSPS) is 13.9. The molecule has 4 aromatic rings. The Morgan fingerprint density at radius 3 is 1.09 bits per heavy atom. The number of nitrogens with two attached hydrogens (primary N) is 9. The number of fused-ring (bicyclic) bond motifs is 6. The molecule has 54 nitrogen and oxygen atoms in total. The van der Waals surface area contributed by atoms with E-state index < -0.39 is 204 Å². The Bertz CT molecular complexity index is 5150. The van der Waals surface area contributed by atoms with Crippen LogP contribution in [0.15, 0.2) is 83.9 Å². The van der Waals surface area contributed by atoms with Gasteiger partial charge in [-0.2, -0.15) is 0 Å². The monoisotopic (exact) mass is 2020 g/mol. The van der Waals surface area contributed by atoms with Gasteiger partial charge in [-0.15, -0.1) is 0 Å². The summed E-state index contributed by atoms with van der Waals surface area (Å²) in [5.41, 5.74) is 50.5. The van der Waals surface area contributed by atoms with Crippen LogP contribution in [-0.4, -0.2) is 280 Å². The summed E-state index contributed by atoms with van der Waals surface area (Å²) in [6.07, 6.45) is -1.81. The third-order valence-corrected chi connectivity index (χ3v) is 22.8. The van der Waals surface area contributed by atoms with Crippen molar-refractivity contribution >= 4 is 124 Å². The van der Waals surface area contributed by atoms with Crippen molar-refractivity contribution in [3.05, 3.63) is 112 Å². The minimum atomic E-state index is -1.77. The van der Waals surface area contributed by atoms with Gasteiger partial charge in [0.1, 0.15) is 89.2 Å². The molecule has 2 aliphatic heterocycles. The Morgan fingerprint density at radius 2 is 0.722 bits per heavy atom. The molecule has 0 aliphatic carbocycles. The molecule has 788 valence electrons. The fraction of sp³-hybridized carbons (Fsp3) is 0.500. The molecular formula is C90H138N34O20. The van der Waals surface area contributed by atoms with E-state index in [4.69, 9.17) is 88.1 Å². The van der Waals surface area contributed by atoms with Gasteiger partial charge in [-0.3, -0.25) is 99.2 Å². The molecule has 6 rings (SSSR count). The number of rotatable bonds is 63. The molecule has 0 saturated carbocycles. The lowest BCUT2D eigenvalue weighted by molar-refractivity contribution is -0.136. The van der Waals surface area contributed by atoms with Gasteiger partial charge in [0.15, 0.2) is 41.4 Å². The van der Waals surface area contributed by atoms with Crippen molar-refractivity contribution in [2.45, 2.75) is 207 Å². The highest BCUT2D eigenvalue weighted by Crippen LogP contribution is 2.57. The highest BCUT2D eigenvalue weighted by Gasteiger charge is 2.54. The highest BCUT2D eigenvalue weighted by molar-refractivity contribution is 6.03. The van der Waals surface area contributed by atoms with Crippen molar-refractivity contribution in [2.24, 2.45) is 56.6 Å². The van der Waals surface area contributed by atoms with Gasteiger partial charge in [0.2, 0.25) is 76.8 Å². The SMILES string of the molecule is CN=C(NC)NCCC[C@H](NC(=O)CNC(=O)[C@H](Cc1ccc(O)cc1)NC(=O)CCNC(=O)c1ccc2c(c1)C1(OC2=O)c2ccc(O)cc2Oc2cc(O)ccc21)C(=O)N[C@@H](CCCCN)C(=O)N[C@@H](CCCCN)C(=O)N[C@@H](CCCNC(=N)N)C(=O)N[C@@H](CCCNC(=N)N)C(=O)N[C@@H](CCC(N)=O)C(=O)N[C@@H](CCCNC(=N)N)C(=O)N[C@@H](CCCNC(=N)N)C(=O)N[C@@H](CCCNC(=N)N)C(N)=O. The van der Waals surface area contributed by atoms with E-state index in [-0.39, 0.29) is 219 Å². The molecule has 4 aromatic carbocycles. The Hall–Kier alpha value is -16.3. The van der Waals surface area contributed by atoms with Gasteiger partial charge in [0, 0.05) is 114 Å². The number of unbranched alkanes of at least 4 members (excludes halogenated alkanes) is 2. The number of phenols is 3. The molecule has 144 heavy (non-hydrogen) atoms. The van der Waals surface area contributed by atoms with Crippen molar-refractivity contribution in [1.82, 2.24) is 101 Å². The predicted molar refractivity (Wildman–Crippen MR) is 528 cm³/mol. The average Bonchev–Trinajstić information content (AvgIpc) is 1.50. The number of ether oxygens (including phenoxy) is 2. The number of nitrogens with one attached hydrogen (secondary N) is 24. The van der Waals surface area contributed by atoms with E-state index in [2.05, 4.69) is 106 Å². The number of aromatic hydroxyl groups is 3. The van der Waals surface area contributed by atoms with Gasteiger partial charge in [0.05, 0.1) is 12.1 Å². The topological polar surface area (TPSA) is 930 Å². The van der Waals surface area contributed by atoms with Crippen molar-refractivity contribution in [3.8, 4) is 28.7 Å². The zero-order chi connectivity index (χ0) is 106. The number of aliphatic imine (C=N–C) groups is 1. The summed E-state index contributed by atoms with van der Waals surface area (Å²) in [7, 11) is 3.12. The van der Waals surface area contributed by atoms with Crippen LogP contribution in [0.3, 0.4) is 0 Å². The number of hydrogen-bond donors (Lipinski definition) is 36. The predicted octanol–water partition coefficient (Wildman–Crippen LogP) is -7.40. The molecule has 0 aromatic heterocycles. The molecule has 0 radical (unpaired) electrons. The summed E-state index contributed by atoms with van der Waals surface area (Å²) in [6.45, 7) is -0.740. The maximum absolute atomic E-state index is 15.1. The van der Waals surface area contributed by atoms with Gasteiger partial charge in [0.25, 0.3) is 5.91 Å². The minimum absolute atomic E-state index is 0.0000879. The number of carbonyl (C=O) groups is 15. The molecule has 2 aliphatic rings. The van der Waals surface area contributed by atoms with Gasteiger partial charge in [-0.05, 0) is 195 Å². The zero-order valence-corrected chi connectivity index (χ0v) is 80.3. The molecule has 14 amide bonds. The van der Waals surface area contributed by atoms with Crippen LogP contribution in [-0.2, 0) is 79.1 Å². The Balaban J connectivity index is 1.22. The van der Waals surface area contributed by atoms with Crippen LogP contribution >= 0.6 is 0 Å². The number of primary amides is 2. The van der Waals surface area contributed by atoms with E-state index in [1.54, 1.807) is 7.05 Å². The van der Waals surface area contributed by atoms with Gasteiger partial charge in [-0.1, -0.05) is 12.1 Å². The van der Waals surface area contributed by atoms with Crippen molar-refractivity contribution in [2.75, 3.05) is 79.5 Å². The minimum Gasteiger partial charge on any atom is -0.508 e. The van der Waals surface area contributed by atoms with E-state index in [9.17, 15) is 72.9 Å². The van der Waals surface area contributed by atoms with Crippen molar-refractivity contribution in [3.63, 3.8) is 0 Å². The van der Waals surface area contributed by atoms with Crippen LogP contribution < -0.4 is 157 Å². The Labute approximate surface area is 830 Å². The second kappa shape index (κ2) is 60.0. The molecule has 2 heterocycles. The summed E-state index contributed by atoms with van der Waals surface area (Å²) in [5.74, 6) is -16.0. The highest BCUT2D eigenvalue weighted by atomic mass is 16.6. The van der Waals surface area contributed by atoms with Crippen LogP contribution in [0.2, 0.25) is 0 Å². The van der Waals surface area contributed by atoms with E-state index in [1.807, 2.05) is 0 Å². The third-order valence-electron chi connectivity index (χ3n) is 22.8. The van der Waals surface area contributed by atoms with E-state index in [1.165, 1.54) is 85.9 Å². The molecule has 0 fully saturated rings. The van der Waals surface area contributed by atoms with E-state index in [0.29, 0.717) is 35.5 Å². The lowest BCUT2D eigenvalue weighted by atomic mass is 9.77. The summed E-state index contributed by atoms with van der Waals surface area (Å²) in [4.78, 5) is 218. The van der Waals surface area contributed by atoms with Gasteiger partial charge < -0.3 is 177 Å². The van der Waals surface area contributed by atoms with Gasteiger partial charge >= 0.3 is 5.97 Å². The standard InChI is InChI=1S/C90H138N34O20/c1-105-89(106-2)113-41-12-16-58(115-71(130)47-114-74(133)66(43-48-21-24-50(125)25-22-48)116-70(129)33-42-107-73(132)49-23-28-53-56(44-49)90(144-83(53)142)54-29-26-51(126)45-67(54)143-68-46-52(127)27-30-55(68)90)75(134)118-59(13-3-5-34-91)77(136)119-60(14-4-6-35-92)78(137)121-62(18-9-38-110-86(99)100)79(138)122-64(20-11-40-112-88(103)104)81(140)124-65(31-32-69(93)128)82(141)123-63(19-10-39-111-87(101)102)80(139)120-61(17-8-37-109-85(97)98)76(135)117-57(72(94)131)15-7-36-108-84(95)96/h21-30,44-46,57-66,125-127H,3-20,31-43,47,91-92H2,1-2H3,(H2,93,128)(H2,94,131)(H,107,132)(H,114,133)(H,115,130)(H,116,129)(H,117,135)(H,118,134)(H,119,136)(H,120,139)(H,121,137)(H,122,138)(H,123,141)(H,124,140)(H4,95,96,108)(H4,97,98,109)(H4,99,100,110)(H4,101,102,111)(H4,103,104,112)(H2,105,106,113)/t57-,58-,59-,60-,61-,62-,63-,64-,65-,66-/m0/s1. The molecular weight excluding hydrogens is 1880 g/mol. The number of esters is 1. The van der Waals surface area contributed by atoms with Crippen LogP contribution in [0.1, 0.15) is 178 Å². The fourth-order valence-corrected chi connectivity index (χ4v) is 15.4. The lowest BCUT2D eigenvalue weighted by Crippen LogP contribution is -2.60. The number of hydrogen-bond acceptors (Lipinski definition) is 28. The summed E-state index contributed by atoms with van der Waals surface area (Å²) >= 11 is 0. The van der Waals surface area contributed by atoms with Crippen LogP contribution in [0.25, 0.3) is 0 Å². The number of amides is 14. The summed E-state index contributed by atoms with van der Waals surface area (Å²) in [5, 5.41) is 119. The number of nitrogens with zero attached hydrogens (tertiary/aromatic N) is 1. The first kappa shape index (κ1) is 116. The van der Waals surface area contributed by atoms with Gasteiger partial charge in [-0.25, -0.2) is 4.79 Å². The molecule has 10 atom stereocenters. The molecule has 1 spiro atoms. The maximum atomic E-state index is 15.1. The molecule has 0 bridgehead atoms. The zero-order valence-electron chi connectivity index (χ0n) is 80.3. The Morgan fingerprint density at radius 1 is 0.368 bits per heavy atom. The van der Waals surface area contributed by atoms with Crippen LogP contribution in [0.5, 0.6) is 28.7 Å². The first-order valence-electron chi connectivity index (χ1n) is 46.9. The third kappa shape index (κ3) is 39.0. The first-order valence-corrected chi connectivity index (χ1v) is 46.9. The fourth-order valence-electron chi connectivity index (χ4n) is 15.4. The maximum Gasteiger partial charge on any atom is 0.340 e. The van der Waals surface area contributed by atoms with Crippen molar-refractivity contribution in [1.29, 1.82) is 27.0 Å². The number of carbonyl (C=O) groups excluding carboxylic acids is 15. The lowest BCUT2D eigenvalue weighted by Gasteiger charge is -2.36. The largest absolute Gasteiger partial charge is 0.508 e. The average molecular weight is 2020 g/mol. The second-order valence-corrected chi connectivity index (χ2v) is 33.9. The molecule has 45 N–H and O–H groups in total. The van der Waals surface area contributed by atoms with E-state index >= 15 is 14.4 Å². The smallest absolute Gasteiger partial charge is 0.340 e. The van der Waals surface area contributed by atoms with Crippen molar-refractivity contribution < 1.29 is 96.7 Å².